The molecule has 0 aromatic rings. The minimum absolute atomic E-state index is 0.0811. The lowest BCUT2D eigenvalue weighted by molar-refractivity contribution is -0.125. The maximum absolute atomic E-state index is 11.5. The van der Waals surface area contributed by atoms with Crippen molar-refractivity contribution >= 4 is 11.9 Å². The van der Waals surface area contributed by atoms with Gasteiger partial charge in [0.2, 0.25) is 5.91 Å². The number of hydrogen-bond donors (Lipinski definition) is 3. The molecule has 0 saturated carbocycles. The van der Waals surface area contributed by atoms with Crippen molar-refractivity contribution < 1.29 is 9.59 Å². The Labute approximate surface area is 95.3 Å². The van der Waals surface area contributed by atoms with E-state index in [0.29, 0.717) is 12.5 Å². The number of carbonyl (C=O) groups excluding carboxylic acids is 2. The molecule has 1 fully saturated rings. The number of primary amides is 1. The second kappa shape index (κ2) is 5.27. The van der Waals surface area contributed by atoms with Gasteiger partial charge >= 0.3 is 6.03 Å². The molecule has 0 aliphatic carbocycles. The number of amides is 3. The van der Waals surface area contributed by atoms with E-state index in [1.54, 1.807) is 6.92 Å². The van der Waals surface area contributed by atoms with Crippen molar-refractivity contribution in [1.29, 1.82) is 0 Å². The zero-order valence-corrected chi connectivity index (χ0v) is 9.77. The molecule has 92 valence electrons. The van der Waals surface area contributed by atoms with Crippen molar-refractivity contribution in [2.24, 2.45) is 17.4 Å². The van der Waals surface area contributed by atoms with Crippen molar-refractivity contribution in [2.75, 3.05) is 13.1 Å². The zero-order valence-electron chi connectivity index (χ0n) is 9.77. The average molecular weight is 228 g/mol. The van der Waals surface area contributed by atoms with Crippen LogP contribution in [0.5, 0.6) is 0 Å². The van der Waals surface area contributed by atoms with Crippen molar-refractivity contribution in [1.82, 2.24) is 10.2 Å². The van der Waals surface area contributed by atoms with Gasteiger partial charge in [-0.1, -0.05) is 6.92 Å². The quantitative estimate of drug-likeness (QED) is 0.578. The third-order valence-corrected chi connectivity index (χ3v) is 3.22. The maximum Gasteiger partial charge on any atom is 0.318 e. The maximum atomic E-state index is 11.5. The summed E-state index contributed by atoms with van der Waals surface area (Å²) < 4.78 is 0. The molecular weight excluding hydrogens is 208 g/mol. The third-order valence-electron chi connectivity index (χ3n) is 3.22. The summed E-state index contributed by atoms with van der Waals surface area (Å²) in [5, 5.41) is 2.08. The summed E-state index contributed by atoms with van der Waals surface area (Å²) in [5.74, 6) is 0.108. The molecular formula is C10H20N4O2. The third kappa shape index (κ3) is 3.18. The highest BCUT2D eigenvalue weighted by Gasteiger charge is 2.29. The number of carbonyl (C=O) groups is 2. The fourth-order valence-electron chi connectivity index (χ4n) is 1.87. The molecule has 6 nitrogen and oxygen atoms in total. The summed E-state index contributed by atoms with van der Waals surface area (Å²) in [6.07, 6.45) is 0.968. The van der Waals surface area contributed by atoms with Crippen LogP contribution in [0.1, 0.15) is 20.3 Å². The Hall–Kier alpha value is -1.14. The van der Waals surface area contributed by atoms with Crippen LogP contribution >= 0.6 is 0 Å². The Morgan fingerprint density at radius 2 is 2.12 bits per heavy atom. The van der Waals surface area contributed by atoms with Gasteiger partial charge in [0.05, 0.1) is 6.04 Å². The first-order valence-corrected chi connectivity index (χ1v) is 5.51. The highest BCUT2D eigenvalue weighted by atomic mass is 16.2. The highest BCUT2D eigenvalue weighted by molar-refractivity contribution is 5.96. The second-order valence-corrected chi connectivity index (χ2v) is 4.45. The molecule has 1 saturated heterocycles. The number of hydrogen-bond acceptors (Lipinski definition) is 4. The molecule has 1 heterocycles. The number of nitrogens with zero attached hydrogens (tertiary/aromatic N) is 1. The van der Waals surface area contributed by atoms with Crippen LogP contribution in [0, 0.1) is 5.92 Å². The number of likely N-dealkylation sites (tertiary alicyclic amines) is 1. The molecule has 1 aliphatic heterocycles. The van der Waals surface area contributed by atoms with Gasteiger partial charge in [0, 0.05) is 12.6 Å². The van der Waals surface area contributed by atoms with Crippen LogP contribution in [0.15, 0.2) is 0 Å². The standard InChI is InChI=1S/C10H20N4O2/c1-6-3-4-14(5-8(6)11)7(2)9(15)13-10(12)16/h6-8H,3-5,11H2,1-2H3,(H3,12,13,15,16). The number of urea groups is 1. The summed E-state index contributed by atoms with van der Waals surface area (Å²) in [4.78, 5) is 24.1. The number of imide groups is 1. The van der Waals surface area contributed by atoms with Crippen LogP contribution < -0.4 is 16.8 Å². The van der Waals surface area contributed by atoms with Crippen molar-refractivity contribution in [2.45, 2.75) is 32.4 Å². The van der Waals surface area contributed by atoms with Gasteiger partial charge in [0.25, 0.3) is 0 Å². The fourth-order valence-corrected chi connectivity index (χ4v) is 1.87. The van der Waals surface area contributed by atoms with Gasteiger partial charge in [-0.05, 0) is 25.8 Å². The first-order chi connectivity index (χ1) is 7.41. The number of nitrogens with two attached hydrogens (primary N) is 2. The van der Waals surface area contributed by atoms with Crippen LogP contribution in [0.2, 0.25) is 0 Å². The molecule has 16 heavy (non-hydrogen) atoms. The Morgan fingerprint density at radius 3 is 2.62 bits per heavy atom. The average Bonchev–Trinajstić information content (AvgIpc) is 2.20. The normalized spacial score (nSPS) is 28.4. The SMILES string of the molecule is CC1CCN(C(C)C(=O)NC(N)=O)CC1N. The van der Waals surface area contributed by atoms with Gasteiger partial charge in [-0.3, -0.25) is 15.0 Å². The van der Waals surface area contributed by atoms with Gasteiger partial charge in [0.15, 0.2) is 0 Å². The van der Waals surface area contributed by atoms with Crippen LogP contribution in [-0.4, -0.2) is 42.0 Å². The van der Waals surface area contributed by atoms with E-state index >= 15 is 0 Å². The van der Waals surface area contributed by atoms with E-state index in [9.17, 15) is 9.59 Å². The van der Waals surface area contributed by atoms with Crippen molar-refractivity contribution in [3.8, 4) is 0 Å². The first kappa shape index (κ1) is 12.9. The summed E-state index contributed by atoms with van der Waals surface area (Å²) >= 11 is 0. The Kier molecular flexibility index (Phi) is 4.26. The molecule has 1 aliphatic rings. The Balaban J connectivity index is 2.51. The van der Waals surface area contributed by atoms with E-state index in [-0.39, 0.29) is 18.0 Å². The smallest absolute Gasteiger partial charge is 0.318 e. The summed E-state index contributed by atoms with van der Waals surface area (Å²) in [5.41, 5.74) is 10.8. The minimum Gasteiger partial charge on any atom is -0.351 e. The first-order valence-electron chi connectivity index (χ1n) is 5.51. The highest BCUT2D eigenvalue weighted by Crippen LogP contribution is 2.17. The minimum atomic E-state index is -0.813. The lowest BCUT2D eigenvalue weighted by atomic mass is 9.93. The molecule has 0 radical (unpaired) electrons. The monoisotopic (exact) mass is 228 g/mol. The van der Waals surface area contributed by atoms with E-state index in [1.807, 2.05) is 4.90 Å². The number of rotatable bonds is 2. The van der Waals surface area contributed by atoms with E-state index in [2.05, 4.69) is 12.2 Å². The van der Waals surface area contributed by atoms with E-state index in [4.69, 9.17) is 11.5 Å². The molecule has 6 heteroatoms. The van der Waals surface area contributed by atoms with E-state index in [0.717, 1.165) is 13.0 Å². The molecule has 1 rings (SSSR count). The molecule has 0 bridgehead atoms. The summed E-state index contributed by atoms with van der Waals surface area (Å²) in [6, 6.07) is -1.10. The van der Waals surface area contributed by atoms with Gasteiger partial charge in [-0.2, -0.15) is 0 Å². The van der Waals surface area contributed by atoms with Gasteiger partial charge in [0.1, 0.15) is 0 Å². The van der Waals surface area contributed by atoms with Crippen molar-refractivity contribution in [3.63, 3.8) is 0 Å². The Bertz CT molecular complexity index is 282. The van der Waals surface area contributed by atoms with Crippen LogP contribution in [0.4, 0.5) is 4.79 Å². The Morgan fingerprint density at radius 1 is 1.50 bits per heavy atom. The van der Waals surface area contributed by atoms with E-state index < -0.39 is 6.03 Å². The van der Waals surface area contributed by atoms with Gasteiger partial charge < -0.3 is 11.5 Å². The molecule has 3 atom stereocenters. The zero-order chi connectivity index (χ0) is 12.3. The van der Waals surface area contributed by atoms with Gasteiger partial charge in [-0.25, -0.2) is 4.79 Å². The van der Waals surface area contributed by atoms with Crippen LogP contribution in [-0.2, 0) is 4.79 Å². The van der Waals surface area contributed by atoms with Crippen LogP contribution in [0.3, 0.4) is 0 Å². The van der Waals surface area contributed by atoms with Gasteiger partial charge in [-0.15, -0.1) is 0 Å². The number of nitrogens with one attached hydrogen (secondary N) is 1. The largest absolute Gasteiger partial charge is 0.351 e. The lowest BCUT2D eigenvalue weighted by Gasteiger charge is -2.37. The predicted molar refractivity (Wildman–Crippen MR) is 60.5 cm³/mol. The molecule has 0 spiro atoms. The molecule has 3 amide bonds. The molecule has 0 aromatic heterocycles. The molecule has 3 unspecified atom stereocenters. The predicted octanol–water partition coefficient (Wildman–Crippen LogP) is -0.761. The topological polar surface area (TPSA) is 101 Å². The van der Waals surface area contributed by atoms with E-state index in [1.165, 1.54) is 0 Å². The summed E-state index contributed by atoms with van der Waals surface area (Å²) in [6.45, 7) is 5.36. The molecule has 0 aromatic carbocycles. The number of piperidine rings is 1. The second-order valence-electron chi connectivity index (χ2n) is 4.45. The van der Waals surface area contributed by atoms with Crippen LogP contribution in [0.25, 0.3) is 0 Å². The molecule has 5 N–H and O–H groups in total. The lowest BCUT2D eigenvalue weighted by Crippen LogP contribution is -2.55. The van der Waals surface area contributed by atoms with Crippen molar-refractivity contribution in [3.05, 3.63) is 0 Å². The fraction of sp³-hybridized carbons (Fsp3) is 0.800. The summed E-state index contributed by atoms with van der Waals surface area (Å²) in [7, 11) is 0.